The number of hydrogen-bond donors (Lipinski definition) is 0. The lowest BCUT2D eigenvalue weighted by atomic mass is 10.1. The smallest absolute Gasteiger partial charge is 0.247 e. The molecule has 0 N–H and O–H groups in total. The van der Waals surface area contributed by atoms with Crippen LogP contribution in [-0.2, 0) is 17.8 Å². The minimum absolute atomic E-state index is 0.119. The van der Waals surface area contributed by atoms with Gasteiger partial charge in [0.15, 0.2) is 0 Å². The van der Waals surface area contributed by atoms with Crippen molar-refractivity contribution in [3.63, 3.8) is 0 Å². The normalized spacial score (nSPS) is 16.8. The third-order valence-electron chi connectivity index (χ3n) is 4.61. The molecule has 0 bridgehead atoms. The Bertz CT molecular complexity index is 897. The number of aryl methyl sites for hydroxylation is 1. The molecule has 1 aliphatic rings. The second-order valence-electron chi connectivity index (χ2n) is 6.18. The summed E-state index contributed by atoms with van der Waals surface area (Å²) in [5.74, 6) is 0.994. The molecule has 2 aromatic carbocycles. The van der Waals surface area contributed by atoms with Crippen molar-refractivity contribution in [3.05, 3.63) is 59.9 Å². The Balaban J connectivity index is 1.69. The summed E-state index contributed by atoms with van der Waals surface area (Å²) in [5.41, 5.74) is 4.25. The van der Waals surface area contributed by atoms with Gasteiger partial charge >= 0.3 is 0 Å². The van der Waals surface area contributed by atoms with Crippen LogP contribution in [0.1, 0.15) is 18.3 Å². The van der Waals surface area contributed by atoms with Crippen molar-refractivity contribution < 1.29 is 4.79 Å². The summed E-state index contributed by atoms with van der Waals surface area (Å²) >= 11 is 0. The first-order chi connectivity index (χ1) is 11.1. The summed E-state index contributed by atoms with van der Waals surface area (Å²) in [7, 11) is 0. The first kappa shape index (κ1) is 14.0. The Morgan fingerprint density at radius 2 is 1.91 bits per heavy atom. The Kier molecular flexibility index (Phi) is 3.18. The Labute approximate surface area is 135 Å². The summed E-state index contributed by atoms with van der Waals surface area (Å²) in [5, 5.41) is 0. The van der Waals surface area contributed by atoms with E-state index in [0.717, 1.165) is 29.0 Å². The quantitative estimate of drug-likeness (QED) is 0.728. The van der Waals surface area contributed by atoms with Crippen molar-refractivity contribution in [3.8, 4) is 0 Å². The lowest BCUT2D eigenvalue weighted by Crippen LogP contribution is -2.38. The van der Waals surface area contributed by atoms with Crippen LogP contribution in [0.3, 0.4) is 0 Å². The summed E-state index contributed by atoms with van der Waals surface area (Å²) in [6, 6.07) is 16.3. The molecule has 1 amide bonds. The molecule has 1 atom stereocenters. The largest absolute Gasteiger partial charge is 0.319 e. The van der Waals surface area contributed by atoms with E-state index in [1.807, 2.05) is 58.9 Å². The fourth-order valence-corrected chi connectivity index (χ4v) is 3.55. The van der Waals surface area contributed by atoms with Crippen molar-refractivity contribution in [1.82, 2.24) is 9.55 Å². The summed E-state index contributed by atoms with van der Waals surface area (Å²) in [6.45, 7) is 4.39. The van der Waals surface area contributed by atoms with Crippen LogP contribution in [0.4, 0.5) is 5.69 Å². The predicted octanol–water partition coefficient (Wildman–Crippen LogP) is 3.32. The zero-order chi connectivity index (χ0) is 16.0. The van der Waals surface area contributed by atoms with Crippen LogP contribution in [0.15, 0.2) is 48.5 Å². The minimum atomic E-state index is 0.119. The average Bonchev–Trinajstić information content (AvgIpc) is 3.04. The Hall–Kier alpha value is -2.62. The zero-order valence-electron chi connectivity index (χ0n) is 13.4. The maximum Gasteiger partial charge on any atom is 0.247 e. The van der Waals surface area contributed by atoms with Crippen molar-refractivity contribution in [2.24, 2.45) is 0 Å². The number of aromatic nitrogens is 2. The van der Waals surface area contributed by atoms with E-state index in [4.69, 9.17) is 0 Å². The molecule has 4 heteroatoms. The summed E-state index contributed by atoms with van der Waals surface area (Å²) in [6.07, 6.45) is 0.922. The van der Waals surface area contributed by atoms with E-state index in [2.05, 4.69) is 18.0 Å². The number of carbonyl (C=O) groups excluding carboxylic acids is 1. The van der Waals surface area contributed by atoms with Gasteiger partial charge in [-0.2, -0.15) is 0 Å². The third-order valence-corrected chi connectivity index (χ3v) is 4.61. The molecule has 4 nitrogen and oxygen atoms in total. The van der Waals surface area contributed by atoms with E-state index in [1.165, 1.54) is 5.56 Å². The molecule has 0 fully saturated rings. The van der Waals surface area contributed by atoms with E-state index in [9.17, 15) is 4.79 Å². The standard InChI is InChI=1S/C19H19N3O/c1-13-11-15-7-3-5-9-17(15)22(13)19(23)12-21-14(2)20-16-8-4-6-10-18(16)21/h3-10,13H,11-12H2,1-2H3/t13-/m1/s1. The first-order valence-electron chi connectivity index (χ1n) is 7.97. The number of para-hydroxylation sites is 3. The fraction of sp³-hybridized carbons (Fsp3) is 0.263. The maximum atomic E-state index is 13.0. The third kappa shape index (κ3) is 2.22. The first-order valence-corrected chi connectivity index (χ1v) is 7.97. The van der Waals surface area contributed by atoms with Crippen LogP contribution in [0.5, 0.6) is 0 Å². The lowest BCUT2D eigenvalue weighted by molar-refractivity contribution is -0.119. The van der Waals surface area contributed by atoms with Gasteiger partial charge in [0, 0.05) is 11.7 Å². The van der Waals surface area contributed by atoms with Gasteiger partial charge in [-0.25, -0.2) is 4.98 Å². The van der Waals surface area contributed by atoms with E-state index in [0.29, 0.717) is 6.54 Å². The molecule has 0 radical (unpaired) electrons. The average molecular weight is 305 g/mol. The van der Waals surface area contributed by atoms with Crippen molar-refractivity contribution in [2.75, 3.05) is 4.90 Å². The van der Waals surface area contributed by atoms with Gasteiger partial charge in [-0.1, -0.05) is 30.3 Å². The molecule has 1 aliphatic heterocycles. The highest BCUT2D eigenvalue weighted by Gasteiger charge is 2.30. The Morgan fingerprint density at radius 3 is 2.78 bits per heavy atom. The van der Waals surface area contributed by atoms with E-state index in [-0.39, 0.29) is 11.9 Å². The number of benzene rings is 2. The van der Waals surface area contributed by atoms with Crippen LogP contribution in [0.2, 0.25) is 0 Å². The molecular weight excluding hydrogens is 286 g/mol. The second kappa shape index (κ2) is 5.23. The predicted molar refractivity (Wildman–Crippen MR) is 91.6 cm³/mol. The molecule has 116 valence electrons. The number of imidazole rings is 1. The summed E-state index contributed by atoms with van der Waals surface area (Å²) in [4.78, 5) is 19.4. The second-order valence-corrected chi connectivity index (χ2v) is 6.18. The molecule has 2 heterocycles. The molecule has 4 rings (SSSR count). The molecular formula is C19H19N3O. The molecule has 23 heavy (non-hydrogen) atoms. The van der Waals surface area contributed by atoms with Crippen LogP contribution in [0, 0.1) is 6.92 Å². The van der Waals surface area contributed by atoms with Gasteiger partial charge in [0.05, 0.1) is 11.0 Å². The monoisotopic (exact) mass is 305 g/mol. The molecule has 0 saturated heterocycles. The van der Waals surface area contributed by atoms with Gasteiger partial charge in [-0.3, -0.25) is 4.79 Å². The molecule has 0 aliphatic carbocycles. The molecule has 1 aromatic heterocycles. The van der Waals surface area contributed by atoms with Crippen LogP contribution in [-0.4, -0.2) is 21.5 Å². The van der Waals surface area contributed by atoms with Gasteiger partial charge in [0.1, 0.15) is 12.4 Å². The number of anilines is 1. The number of amides is 1. The lowest BCUT2D eigenvalue weighted by Gasteiger charge is -2.23. The van der Waals surface area contributed by atoms with E-state index >= 15 is 0 Å². The summed E-state index contributed by atoms with van der Waals surface area (Å²) < 4.78 is 2.01. The van der Waals surface area contributed by atoms with Crippen LogP contribution < -0.4 is 4.90 Å². The van der Waals surface area contributed by atoms with Gasteiger partial charge in [0.25, 0.3) is 0 Å². The topological polar surface area (TPSA) is 38.1 Å². The maximum absolute atomic E-state index is 13.0. The zero-order valence-corrected chi connectivity index (χ0v) is 13.4. The van der Waals surface area contributed by atoms with Crippen LogP contribution in [0.25, 0.3) is 11.0 Å². The minimum Gasteiger partial charge on any atom is -0.319 e. The number of rotatable bonds is 2. The number of hydrogen-bond acceptors (Lipinski definition) is 2. The van der Waals surface area contributed by atoms with Crippen molar-refractivity contribution in [1.29, 1.82) is 0 Å². The number of nitrogens with zero attached hydrogens (tertiary/aromatic N) is 3. The Morgan fingerprint density at radius 1 is 1.17 bits per heavy atom. The van der Waals surface area contributed by atoms with E-state index < -0.39 is 0 Å². The number of carbonyl (C=O) groups is 1. The molecule has 3 aromatic rings. The van der Waals surface area contributed by atoms with Gasteiger partial charge in [-0.05, 0) is 44.0 Å². The van der Waals surface area contributed by atoms with Gasteiger partial charge in [-0.15, -0.1) is 0 Å². The molecule has 0 unspecified atom stereocenters. The fourth-order valence-electron chi connectivity index (χ4n) is 3.55. The van der Waals surface area contributed by atoms with Gasteiger partial charge in [0.2, 0.25) is 5.91 Å². The van der Waals surface area contributed by atoms with Crippen molar-refractivity contribution in [2.45, 2.75) is 32.9 Å². The highest BCUT2D eigenvalue weighted by Crippen LogP contribution is 2.32. The number of fused-ring (bicyclic) bond motifs is 2. The molecule has 0 spiro atoms. The highest BCUT2D eigenvalue weighted by atomic mass is 16.2. The highest BCUT2D eigenvalue weighted by molar-refractivity contribution is 5.96. The SMILES string of the molecule is Cc1nc2ccccc2n1CC(=O)N1c2ccccc2C[C@H]1C. The van der Waals surface area contributed by atoms with Crippen LogP contribution >= 0.6 is 0 Å². The van der Waals surface area contributed by atoms with Gasteiger partial charge < -0.3 is 9.47 Å². The van der Waals surface area contributed by atoms with Crippen molar-refractivity contribution >= 4 is 22.6 Å². The molecule has 0 saturated carbocycles. The van der Waals surface area contributed by atoms with E-state index in [1.54, 1.807) is 0 Å².